The predicted molar refractivity (Wildman–Crippen MR) is 102 cm³/mol. The van der Waals surface area contributed by atoms with Crippen molar-refractivity contribution in [1.29, 1.82) is 0 Å². The van der Waals surface area contributed by atoms with Gasteiger partial charge in [-0.25, -0.2) is 0 Å². The smallest absolute Gasteiger partial charge is 0.492 e. The molecule has 1 aliphatic heterocycles. The molecule has 0 bridgehead atoms. The molecule has 142 valence electrons. The van der Waals surface area contributed by atoms with Gasteiger partial charge in [0, 0.05) is 6.07 Å². The molecule has 2 N–H and O–H groups in total. The highest BCUT2D eigenvalue weighted by Crippen LogP contribution is 2.33. The fraction of sp³-hybridized carbons (Fsp3) is 0.350. The van der Waals surface area contributed by atoms with Crippen LogP contribution >= 0.6 is 0 Å². The molecule has 1 atom stereocenters. The number of aliphatic carboxylic acids is 1. The molecule has 3 rings (SSSR count). The maximum atomic E-state index is 11.0. The van der Waals surface area contributed by atoms with E-state index in [1.165, 1.54) is 0 Å². The maximum absolute atomic E-state index is 11.0. The number of ether oxygens (including phenoxy) is 2. The summed E-state index contributed by atoms with van der Waals surface area (Å²) in [6.45, 7) is 4.62. The van der Waals surface area contributed by atoms with Crippen molar-refractivity contribution in [3.63, 3.8) is 0 Å². The van der Waals surface area contributed by atoms with Crippen LogP contribution in [0.3, 0.4) is 0 Å². The molecule has 2 aromatic carbocycles. The first kappa shape index (κ1) is 19.3. The Kier molecular flexibility index (Phi) is 6.03. The van der Waals surface area contributed by atoms with Crippen LogP contribution in [0.1, 0.15) is 43.4 Å². The zero-order valence-corrected chi connectivity index (χ0v) is 15.5. The van der Waals surface area contributed by atoms with Gasteiger partial charge in [-0.2, -0.15) is 0 Å². The van der Waals surface area contributed by atoms with Crippen LogP contribution in [-0.2, 0) is 9.45 Å². The highest BCUT2D eigenvalue weighted by atomic mass is 16.5. The summed E-state index contributed by atoms with van der Waals surface area (Å²) in [5, 5.41) is 19.2. The standard InChI is InChI=1S/C20H23BO6/c1-3-4-8-25-14-6-5-7-15(10-14)26-16-9-13(2)20-17(11-16)21(24)27-18(20)12-19(22)23/h5-7,9-11,18,24H,3-4,8,12H2,1-2H3,(H,22,23). The summed E-state index contributed by atoms with van der Waals surface area (Å²) in [7, 11) is -1.16. The SMILES string of the molecule is CCCCOc1cccc(Oc2cc(C)c3c(c2)B(O)OC3CC(=O)O)c1. The Morgan fingerprint density at radius 2 is 2.00 bits per heavy atom. The Balaban J connectivity index is 1.79. The monoisotopic (exact) mass is 370 g/mol. The minimum absolute atomic E-state index is 0.192. The van der Waals surface area contributed by atoms with E-state index in [9.17, 15) is 9.82 Å². The Labute approximate surface area is 158 Å². The third-order valence-electron chi connectivity index (χ3n) is 4.44. The maximum Gasteiger partial charge on any atom is 0.492 e. The highest BCUT2D eigenvalue weighted by molar-refractivity contribution is 6.62. The summed E-state index contributed by atoms with van der Waals surface area (Å²) in [6.07, 6.45) is 1.21. The number of unbranched alkanes of at least 4 members (excludes halogenated alkanes) is 1. The Bertz CT molecular complexity index is 822. The van der Waals surface area contributed by atoms with Crippen LogP contribution < -0.4 is 14.9 Å². The highest BCUT2D eigenvalue weighted by Gasteiger charge is 2.37. The second-order valence-corrected chi connectivity index (χ2v) is 6.60. The average Bonchev–Trinajstić information content (AvgIpc) is 2.91. The van der Waals surface area contributed by atoms with Gasteiger partial charge in [-0.3, -0.25) is 4.79 Å². The van der Waals surface area contributed by atoms with Gasteiger partial charge < -0.3 is 24.3 Å². The van der Waals surface area contributed by atoms with Crippen molar-refractivity contribution >= 4 is 18.6 Å². The van der Waals surface area contributed by atoms with Crippen molar-refractivity contribution in [2.24, 2.45) is 0 Å². The lowest BCUT2D eigenvalue weighted by Crippen LogP contribution is -2.28. The Morgan fingerprint density at radius 3 is 2.74 bits per heavy atom. The lowest BCUT2D eigenvalue weighted by Gasteiger charge is -2.14. The van der Waals surface area contributed by atoms with Gasteiger partial charge in [-0.1, -0.05) is 19.4 Å². The number of carbonyl (C=O) groups is 1. The molecule has 1 unspecified atom stereocenters. The minimum atomic E-state index is -1.16. The second-order valence-electron chi connectivity index (χ2n) is 6.60. The van der Waals surface area contributed by atoms with Crippen LogP contribution in [0, 0.1) is 6.92 Å². The first-order chi connectivity index (χ1) is 13.0. The lowest BCUT2D eigenvalue weighted by molar-refractivity contribution is -0.138. The zero-order chi connectivity index (χ0) is 19.4. The van der Waals surface area contributed by atoms with E-state index in [0.29, 0.717) is 29.1 Å². The molecular weight excluding hydrogens is 347 g/mol. The first-order valence-corrected chi connectivity index (χ1v) is 9.08. The number of fused-ring (bicyclic) bond motifs is 1. The quantitative estimate of drug-likeness (QED) is 0.548. The molecule has 0 aliphatic carbocycles. The Morgan fingerprint density at radius 1 is 1.22 bits per heavy atom. The number of carboxylic acids is 1. The first-order valence-electron chi connectivity index (χ1n) is 9.08. The van der Waals surface area contributed by atoms with E-state index in [4.69, 9.17) is 19.2 Å². The molecule has 1 heterocycles. The number of hydrogen-bond acceptors (Lipinski definition) is 5. The van der Waals surface area contributed by atoms with E-state index in [1.807, 2.05) is 37.3 Å². The summed E-state index contributed by atoms with van der Waals surface area (Å²) < 4.78 is 17.0. The molecule has 0 amide bonds. The molecule has 6 nitrogen and oxygen atoms in total. The van der Waals surface area contributed by atoms with Crippen LogP contribution in [0.2, 0.25) is 0 Å². The summed E-state index contributed by atoms with van der Waals surface area (Å²) in [4.78, 5) is 11.0. The van der Waals surface area contributed by atoms with Crippen LogP contribution in [0.15, 0.2) is 36.4 Å². The van der Waals surface area contributed by atoms with Gasteiger partial charge >= 0.3 is 13.1 Å². The van der Waals surface area contributed by atoms with E-state index in [0.717, 1.165) is 24.2 Å². The summed E-state index contributed by atoms with van der Waals surface area (Å²) in [6, 6.07) is 10.9. The number of hydrogen-bond donors (Lipinski definition) is 2. The second kappa shape index (κ2) is 8.46. The molecule has 1 aliphatic rings. The molecule has 2 aromatic rings. The summed E-state index contributed by atoms with van der Waals surface area (Å²) >= 11 is 0. The predicted octanol–water partition coefficient (Wildman–Crippen LogP) is 3.20. The van der Waals surface area contributed by atoms with Gasteiger partial charge in [-0.05, 0) is 54.2 Å². The van der Waals surface area contributed by atoms with E-state index in [2.05, 4.69) is 6.92 Å². The van der Waals surface area contributed by atoms with Crippen molar-refractivity contribution < 1.29 is 29.1 Å². The largest absolute Gasteiger partial charge is 0.493 e. The molecule has 0 saturated carbocycles. The number of carboxylic acid groups (broad SMARTS) is 1. The zero-order valence-electron chi connectivity index (χ0n) is 15.5. The van der Waals surface area contributed by atoms with Gasteiger partial charge in [0.15, 0.2) is 0 Å². The van der Waals surface area contributed by atoms with E-state index in [1.54, 1.807) is 6.07 Å². The number of benzene rings is 2. The molecule has 27 heavy (non-hydrogen) atoms. The molecule has 0 radical (unpaired) electrons. The fourth-order valence-electron chi connectivity index (χ4n) is 3.20. The topological polar surface area (TPSA) is 85.2 Å². The molecule has 0 saturated heterocycles. The van der Waals surface area contributed by atoms with Crippen LogP contribution in [0.4, 0.5) is 0 Å². The summed E-state index contributed by atoms with van der Waals surface area (Å²) in [5.74, 6) is 0.942. The van der Waals surface area contributed by atoms with Gasteiger partial charge in [0.1, 0.15) is 17.2 Å². The van der Waals surface area contributed by atoms with Gasteiger partial charge in [0.25, 0.3) is 0 Å². The normalized spacial score (nSPS) is 15.5. The van der Waals surface area contributed by atoms with Crippen molar-refractivity contribution in [1.82, 2.24) is 0 Å². The van der Waals surface area contributed by atoms with Crippen molar-refractivity contribution in [3.05, 3.63) is 47.5 Å². The van der Waals surface area contributed by atoms with Crippen LogP contribution in [0.5, 0.6) is 17.2 Å². The molecular formula is C20H23BO6. The van der Waals surface area contributed by atoms with E-state index in [-0.39, 0.29) is 6.42 Å². The third-order valence-corrected chi connectivity index (χ3v) is 4.44. The van der Waals surface area contributed by atoms with Crippen LogP contribution in [-0.4, -0.2) is 29.8 Å². The van der Waals surface area contributed by atoms with Gasteiger partial charge in [0.05, 0.1) is 19.1 Å². The molecule has 0 aromatic heterocycles. The van der Waals surface area contributed by atoms with Crippen LogP contribution in [0.25, 0.3) is 0 Å². The van der Waals surface area contributed by atoms with Crippen molar-refractivity contribution in [2.75, 3.05) is 6.61 Å². The van der Waals surface area contributed by atoms with Gasteiger partial charge in [-0.15, -0.1) is 0 Å². The van der Waals surface area contributed by atoms with E-state index >= 15 is 0 Å². The number of aryl methyl sites for hydroxylation is 1. The third kappa shape index (κ3) is 4.62. The number of rotatable bonds is 8. The average molecular weight is 370 g/mol. The molecule has 7 heteroatoms. The summed E-state index contributed by atoms with van der Waals surface area (Å²) in [5.41, 5.74) is 2.08. The minimum Gasteiger partial charge on any atom is -0.493 e. The lowest BCUT2D eigenvalue weighted by atomic mass is 9.77. The van der Waals surface area contributed by atoms with Gasteiger partial charge in [0.2, 0.25) is 0 Å². The Hall–Kier alpha value is -2.51. The molecule has 0 fully saturated rings. The molecule has 0 spiro atoms. The van der Waals surface area contributed by atoms with Crippen molar-refractivity contribution in [3.8, 4) is 17.2 Å². The van der Waals surface area contributed by atoms with Crippen molar-refractivity contribution in [2.45, 2.75) is 39.2 Å². The fourth-order valence-corrected chi connectivity index (χ4v) is 3.20. The van der Waals surface area contributed by atoms with E-state index < -0.39 is 19.2 Å².